The molecule has 19 heteroatoms. The number of carbonyl (C=O) groups excluding carboxylic acids is 4. The van der Waals surface area contributed by atoms with Gasteiger partial charge in [0, 0.05) is 38.1 Å². The van der Waals surface area contributed by atoms with Gasteiger partial charge in [-0.05, 0) is 98.2 Å². The molecule has 0 saturated heterocycles. The van der Waals surface area contributed by atoms with Crippen molar-refractivity contribution in [3.05, 3.63) is 23.8 Å². The Hall–Kier alpha value is -2.92. The monoisotopic (exact) mass is 1140 g/mol. The van der Waals surface area contributed by atoms with Crippen molar-refractivity contribution >= 4 is 23.7 Å². The Kier molecular flexibility index (Phi) is 34.9. The number of esters is 1. The van der Waals surface area contributed by atoms with Crippen molar-refractivity contribution in [1.82, 2.24) is 10.2 Å². The molecule has 80 heavy (non-hydrogen) atoms. The van der Waals surface area contributed by atoms with Crippen molar-refractivity contribution in [2.75, 3.05) is 172 Å². The molecule has 3 saturated carbocycles. The highest BCUT2D eigenvalue weighted by atomic mass is 16.6. The topological polar surface area (TPSA) is 204 Å². The van der Waals surface area contributed by atoms with Crippen LogP contribution in [0, 0.1) is 46.8 Å². The molecule has 4 aliphatic carbocycles. The van der Waals surface area contributed by atoms with Crippen molar-refractivity contribution in [2.45, 2.75) is 124 Å². The number of nitrogens with zero attached hydrogens (tertiary/aromatic N) is 1. The molecule has 0 spiro atoms. The third-order valence-electron chi connectivity index (χ3n) is 16.7. The molecule has 1 heterocycles. The molecule has 0 bridgehead atoms. The summed E-state index contributed by atoms with van der Waals surface area (Å²) < 4.78 is 72.5. The van der Waals surface area contributed by atoms with Crippen LogP contribution in [0.5, 0.6) is 0 Å². The number of imide groups is 1. The van der Waals surface area contributed by atoms with E-state index in [-0.39, 0.29) is 54.6 Å². The van der Waals surface area contributed by atoms with Crippen molar-refractivity contribution in [1.29, 1.82) is 0 Å². The number of allylic oxidation sites excluding steroid dienone is 1. The molecule has 0 aromatic heterocycles. The summed E-state index contributed by atoms with van der Waals surface area (Å²) in [7, 11) is 0. The van der Waals surface area contributed by atoms with Crippen LogP contribution in [0.15, 0.2) is 23.8 Å². The molecule has 0 aromatic rings. The first kappa shape index (κ1) is 67.9. The average Bonchev–Trinajstić information content (AvgIpc) is 4.16. The molecule has 1 aliphatic heterocycles. The maximum absolute atomic E-state index is 12.8. The Labute approximate surface area is 479 Å². The molecule has 3 amide bonds. The highest BCUT2D eigenvalue weighted by Crippen LogP contribution is 2.63. The first-order valence-corrected chi connectivity index (χ1v) is 30.7. The normalized spacial score (nSPS) is 23.8. The number of rotatable bonds is 49. The quantitative estimate of drug-likeness (QED) is 0.0283. The summed E-state index contributed by atoms with van der Waals surface area (Å²) in [5, 5.41) is 2.75. The minimum Gasteiger partial charge on any atom is -0.462 e. The highest BCUT2D eigenvalue weighted by molar-refractivity contribution is 6.12. The zero-order chi connectivity index (χ0) is 56.9. The summed E-state index contributed by atoms with van der Waals surface area (Å²) in [6.07, 6.45) is 20.0. The van der Waals surface area contributed by atoms with Gasteiger partial charge in [0.25, 0.3) is 11.8 Å². The van der Waals surface area contributed by atoms with Gasteiger partial charge in [0.2, 0.25) is 5.91 Å². The molecule has 1 N–H and O–H groups in total. The Bertz CT molecular complexity index is 1750. The second-order valence-corrected chi connectivity index (χ2v) is 22.7. The summed E-state index contributed by atoms with van der Waals surface area (Å²) in [5.74, 6) is 5.10. The molecule has 5 aliphatic rings. The van der Waals surface area contributed by atoms with Crippen LogP contribution < -0.4 is 5.32 Å². The predicted molar refractivity (Wildman–Crippen MR) is 301 cm³/mol. The van der Waals surface area contributed by atoms with Crippen LogP contribution in [0.4, 0.5) is 0 Å². The SMILES string of the molecule is CC(C)CCCC(C)C1CCC2C1CCC1C2CC=C2CC(OC(=O)CCOCCOCCOCCOCCOCCOCCOCCOCCOCCOCCOCCOCCNC(=O)CCCN3C(=O)C=CC3=O)CCC21C. The Balaban J connectivity index is 0.677. The smallest absolute Gasteiger partial charge is 0.308 e. The van der Waals surface area contributed by atoms with Gasteiger partial charge >= 0.3 is 5.97 Å². The lowest BCUT2D eigenvalue weighted by Gasteiger charge is -2.55. The van der Waals surface area contributed by atoms with E-state index >= 15 is 0 Å². The number of hydrogen-bond donors (Lipinski definition) is 1. The van der Waals surface area contributed by atoms with E-state index in [9.17, 15) is 19.2 Å². The molecule has 19 nitrogen and oxygen atoms in total. The van der Waals surface area contributed by atoms with Crippen molar-refractivity contribution in [2.24, 2.45) is 46.8 Å². The molecule has 0 aromatic carbocycles. The van der Waals surface area contributed by atoms with E-state index < -0.39 is 0 Å². The summed E-state index contributed by atoms with van der Waals surface area (Å²) in [5.41, 5.74) is 1.83. The van der Waals surface area contributed by atoms with E-state index in [4.69, 9.17) is 61.6 Å². The summed E-state index contributed by atoms with van der Waals surface area (Å²) in [4.78, 5) is 48.8. The van der Waals surface area contributed by atoms with Gasteiger partial charge in [-0.2, -0.15) is 0 Å². The van der Waals surface area contributed by atoms with Gasteiger partial charge < -0.3 is 66.9 Å². The number of hydrogen-bond acceptors (Lipinski definition) is 17. The number of amides is 3. The zero-order valence-electron chi connectivity index (χ0n) is 49.5. The summed E-state index contributed by atoms with van der Waals surface area (Å²) in [6.45, 7) is 21.2. The van der Waals surface area contributed by atoms with Crippen LogP contribution in [0.2, 0.25) is 0 Å². The van der Waals surface area contributed by atoms with Gasteiger partial charge in [0.1, 0.15) is 6.10 Å². The second-order valence-electron chi connectivity index (χ2n) is 22.7. The van der Waals surface area contributed by atoms with Crippen LogP contribution in [0.25, 0.3) is 0 Å². The predicted octanol–water partition coefficient (Wildman–Crippen LogP) is 6.96. The van der Waals surface area contributed by atoms with E-state index in [0.29, 0.717) is 172 Å². The minimum atomic E-state index is -0.340. The Morgan fingerprint density at radius 3 is 1.50 bits per heavy atom. The number of nitrogens with one attached hydrogen (secondary N) is 1. The standard InChI is InChI=1S/C61H104N2O17/c1-48(2)7-5-8-49(3)52-12-13-54-53(52)14-15-56-55(54)11-10-50-47-51(18-20-61(50,56)4)80-60(67)19-23-68-25-27-70-29-31-72-33-35-74-37-39-76-41-43-78-45-46-79-44-42-77-40-38-75-36-34-73-32-30-71-28-26-69-24-21-62-57(64)9-6-22-63-58(65)16-17-59(63)66/h10,16-17,48-49,51-56H,5-9,11-15,18-47H2,1-4H3,(H,62,64). The van der Waals surface area contributed by atoms with Gasteiger partial charge in [0.05, 0.1) is 165 Å². The minimum absolute atomic E-state index is 0.0159. The fourth-order valence-corrected chi connectivity index (χ4v) is 12.5. The number of carbonyl (C=O) groups is 4. The first-order chi connectivity index (χ1) is 39.1. The maximum Gasteiger partial charge on any atom is 0.308 e. The molecule has 5 rings (SSSR count). The molecule has 0 radical (unpaired) electrons. The van der Waals surface area contributed by atoms with E-state index in [1.165, 1.54) is 63.5 Å². The van der Waals surface area contributed by atoms with Crippen LogP contribution in [-0.4, -0.2) is 206 Å². The van der Waals surface area contributed by atoms with Crippen LogP contribution in [0.3, 0.4) is 0 Å². The molecular formula is C61H104N2O17. The largest absolute Gasteiger partial charge is 0.462 e. The number of fused-ring (bicyclic) bond motifs is 5. The lowest BCUT2D eigenvalue weighted by molar-refractivity contribution is -0.152. The summed E-state index contributed by atoms with van der Waals surface area (Å²) >= 11 is 0. The van der Waals surface area contributed by atoms with Gasteiger partial charge in [0.15, 0.2) is 0 Å². The lowest BCUT2D eigenvalue weighted by Crippen LogP contribution is -2.48. The van der Waals surface area contributed by atoms with Gasteiger partial charge in [-0.25, -0.2) is 0 Å². The van der Waals surface area contributed by atoms with E-state index in [2.05, 4.69) is 39.1 Å². The van der Waals surface area contributed by atoms with Crippen molar-refractivity contribution in [3.8, 4) is 0 Å². The fourth-order valence-electron chi connectivity index (χ4n) is 12.5. The van der Waals surface area contributed by atoms with Crippen LogP contribution >= 0.6 is 0 Å². The lowest BCUT2D eigenvalue weighted by atomic mass is 9.50. The number of ether oxygens (including phenoxy) is 13. The molecular weight excluding hydrogens is 1030 g/mol. The molecule has 8 unspecified atom stereocenters. The maximum atomic E-state index is 12.8. The third kappa shape index (κ3) is 26.3. The van der Waals surface area contributed by atoms with Gasteiger partial charge in [-0.1, -0.05) is 58.6 Å². The molecule has 8 atom stereocenters. The molecule has 3 fully saturated rings. The van der Waals surface area contributed by atoms with E-state index in [1.54, 1.807) is 5.57 Å². The average molecular weight is 1140 g/mol. The Morgan fingerprint density at radius 2 is 1.01 bits per heavy atom. The van der Waals surface area contributed by atoms with Crippen molar-refractivity contribution < 1.29 is 80.8 Å². The first-order valence-electron chi connectivity index (χ1n) is 30.7. The third-order valence-corrected chi connectivity index (χ3v) is 16.7. The second kappa shape index (κ2) is 41.2. The summed E-state index contributed by atoms with van der Waals surface area (Å²) in [6, 6.07) is 0. The van der Waals surface area contributed by atoms with Crippen LogP contribution in [-0.2, 0) is 80.8 Å². The van der Waals surface area contributed by atoms with E-state index in [0.717, 1.165) is 65.6 Å². The fraction of sp³-hybridized carbons (Fsp3) is 0.869. The molecule has 460 valence electrons. The highest BCUT2D eigenvalue weighted by Gasteiger charge is 2.55. The van der Waals surface area contributed by atoms with Crippen LogP contribution in [0.1, 0.15) is 118 Å². The Morgan fingerprint density at radius 1 is 0.550 bits per heavy atom. The van der Waals surface area contributed by atoms with Gasteiger partial charge in [-0.15, -0.1) is 0 Å². The van der Waals surface area contributed by atoms with Crippen molar-refractivity contribution in [3.63, 3.8) is 0 Å². The van der Waals surface area contributed by atoms with Gasteiger partial charge in [-0.3, -0.25) is 24.1 Å². The zero-order valence-corrected chi connectivity index (χ0v) is 49.5. The van der Waals surface area contributed by atoms with E-state index in [1.807, 2.05) is 0 Å².